The molecule has 1 atom stereocenters. The molecule has 8 nitrogen and oxygen atoms in total. The minimum atomic E-state index is -3.26. The van der Waals surface area contributed by atoms with E-state index in [0.29, 0.717) is 6.42 Å². The van der Waals surface area contributed by atoms with Crippen molar-refractivity contribution in [2.45, 2.75) is 57.8 Å². The standard InChI is InChI=1S/C22H30N2O6S/c1-17(18-6-4-9-20(14-18)30-19-7-2-3-8-19)15-31(27,28)13-5-12-29-16-24-11-10-21(25)23-22(24)26/h4,6,9-11,14,17,19H,2-3,5,7-8,12-13,15-16H2,1H3,(H,23,25,26)/t17-/m0/s1. The van der Waals surface area contributed by atoms with Gasteiger partial charge in [-0.3, -0.25) is 14.3 Å². The SMILES string of the molecule is C[C@@H](CS(=O)(=O)CCCOCn1ccc(=O)[nH]c1=O)c1cccc(OC2CCCC2)c1. The van der Waals surface area contributed by atoms with Crippen LogP contribution in [0.2, 0.25) is 0 Å². The molecule has 1 aliphatic carbocycles. The molecule has 0 amide bonds. The first-order chi connectivity index (χ1) is 14.8. The van der Waals surface area contributed by atoms with Crippen LogP contribution in [-0.2, 0) is 21.3 Å². The zero-order valence-electron chi connectivity index (χ0n) is 17.8. The van der Waals surface area contributed by atoms with E-state index in [2.05, 4.69) is 4.98 Å². The van der Waals surface area contributed by atoms with Crippen LogP contribution >= 0.6 is 0 Å². The van der Waals surface area contributed by atoms with Gasteiger partial charge in [-0.25, -0.2) is 13.2 Å². The van der Waals surface area contributed by atoms with Crippen molar-refractivity contribution in [1.29, 1.82) is 0 Å². The molecule has 170 valence electrons. The van der Waals surface area contributed by atoms with Crippen LogP contribution in [0.3, 0.4) is 0 Å². The fourth-order valence-corrected chi connectivity index (χ4v) is 5.42. The van der Waals surface area contributed by atoms with Crippen LogP contribution < -0.4 is 16.0 Å². The molecular formula is C22H30N2O6S. The lowest BCUT2D eigenvalue weighted by molar-refractivity contribution is 0.0745. The number of sulfone groups is 1. The number of ether oxygens (including phenoxy) is 2. The number of rotatable bonds is 11. The highest BCUT2D eigenvalue weighted by molar-refractivity contribution is 7.91. The van der Waals surface area contributed by atoms with Crippen molar-refractivity contribution >= 4 is 9.84 Å². The van der Waals surface area contributed by atoms with Crippen LogP contribution in [0, 0.1) is 0 Å². The van der Waals surface area contributed by atoms with Crippen LogP contribution in [0.1, 0.15) is 50.5 Å². The van der Waals surface area contributed by atoms with Gasteiger partial charge in [0.05, 0.1) is 17.6 Å². The number of benzene rings is 1. The van der Waals surface area contributed by atoms with E-state index in [9.17, 15) is 18.0 Å². The topological polar surface area (TPSA) is 107 Å². The number of nitrogens with one attached hydrogen (secondary N) is 1. The van der Waals surface area contributed by atoms with Crippen molar-refractivity contribution in [3.8, 4) is 5.75 Å². The number of aromatic nitrogens is 2. The van der Waals surface area contributed by atoms with Crippen LogP contribution in [0.25, 0.3) is 0 Å². The van der Waals surface area contributed by atoms with Gasteiger partial charge in [0, 0.05) is 18.9 Å². The summed E-state index contributed by atoms with van der Waals surface area (Å²) in [6.45, 7) is 2.06. The number of aromatic amines is 1. The second-order valence-corrected chi connectivity index (χ2v) is 10.3. The fourth-order valence-electron chi connectivity index (χ4n) is 3.74. The smallest absolute Gasteiger partial charge is 0.330 e. The number of hydrogen-bond acceptors (Lipinski definition) is 6. The Hall–Kier alpha value is -2.39. The van der Waals surface area contributed by atoms with E-state index in [-0.39, 0.29) is 36.9 Å². The summed E-state index contributed by atoms with van der Waals surface area (Å²) < 4.78 is 37.6. The molecule has 31 heavy (non-hydrogen) atoms. The summed E-state index contributed by atoms with van der Waals surface area (Å²) in [7, 11) is -3.26. The van der Waals surface area contributed by atoms with Gasteiger partial charge in [-0.05, 0) is 55.7 Å². The predicted octanol–water partition coefficient (Wildman–Crippen LogP) is 2.44. The Morgan fingerprint density at radius 1 is 1.19 bits per heavy atom. The monoisotopic (exact) mass is 450 g/mol. The second-order valence-electron chi connectivity index (χ2n) is 8.08. The molecule has 2 aromatic rings. The number of nitrogens with zero attached hydrogens (tertiary/aromatic N) is 1. The molecule has 1 aromatic heterocycles. The van der Waals surface area contributed by atoms with Gasteiger partial charge < -0.3 is 9.47 Å². The van der Waals surface area contributed by atoms with Gasteiger partial charge >= 0.3 is 5.69 Å². The zero-order chi connectivity index (χ0) is 22.3. The molecular weight excluding hydrogens is 420 g/mol. The van der Waals surface area contributed by atoms with E-state index < -0.39 is 21.1 Å². The molecule has 1 fully saturated rings. The molecule has 0 bridgehead atoms. The third-order valence-electron chi connectivity index (χ3n) is 5.41. The highest BCUT2D eigenvalue weighted by atomic mass is 32.2. The van der Waals surface area contributed by atoms with Gasteiger partial charge in [-0.2, -0.15) is 0 Å². The molecule has 3 rings (SSSR count). The van der Waals surface area contributed by atoms with Crippen molar-refractivity contribution in [1.82, 2.24) is 9.55 Å². The molecule has 0 radical (unpaired) electrons. The predicted molar refractivity (Wildman–Crippen MR) is 118 cm³/mol. The first-order valence-electron chi connectivity index (χ1n) is 10.7. The summed E-state index contributed by atoms with van der Waals surface area (Å²) in [4.78, 5) is 24.7. The van der Waals surface area contributed by atoms with E-state index in [1.807, 2.05) is 31.2 Å². The summed E-state index contributed by atoms with van der Waals surface area (Å²) in [5, 5.41) is 0. The molecule has 1 heterocycles. The average Bonchev–Trinajstić information content (AvgIpc) is 3.22. The quantitative estimate of drug-likeness (QED) is 0.527. The van der Waals surface area contributed by atoms with Crippen molar-refractivity contribution in [3.63, 3.8) is 0 Å². The summed E-state index contributed by atoms with van der Waals surface area (Å²) >= 11 is 0. The second kappa shape index (κ2) is 10.8. The Labute approximate surface area is 182 Å². The largest absolute Gasteiger partial charge is 0.490 e. The zero-order valence-corrected chi connectivity index (χ0v) is 18.6. The highest BCUT2D eigenvalue weighted by Gasteiger charge is 2.19. The Morgan fingerprint density at radius 3 is 2.71 bits per heavy atom. The Bertz CT molecular complexity index is 1070. The maximum absolute atomic E-state index is 12.5. The van der Waals surface area contributed by atoms with Crippen molar-refractivity contribution in [2.75, 3.05) is 18.1 Å². The lowest BCUT2D eigenvalue weighted by atomic mass is 10.0. The third-order valence-corrected chi connectivity index (χ3v) is 7.33. The van der Waals surface area contributed by atoms with E-state index in [4.69, 9.17) is 9.47 Å². The first kappa shape index (κ1) is 23.3. The van der Waals surface area contributed by atoms with Crippen LogP contribution in [-0.4, -0.2) is 42.2 Å². The lowest BCUT2D eigenvalue weighted by Gasteiger charge is -2.17. The summed E-state index contributed by atoms with van der Waals surface area (Å²) in [6.07, 6.45) is 6.48. The first-order valence-corrected chi connectivity index (χ1v) is 12.5. The Kier molecular flexibility index (Phi) is 8.09. The van der Waals surface area contributed by atoms with E-state index in [0.717, 1.165) is 24.2 Å². The molecule has 0 unspecified atom stereocenters. The Balaban J connectivity index is 1.44. The normalized spacial score (nSPS) is 15.8. The van der Waals surface area contributed by atoms with Gasteiger partial charge in [0.15, 0.2) is 9.84 Å². The van der Waals surface area contributed by atoms with Gasteiger partial charge in [0.2, 0.25) is 0 Å². The molecule has 0 saturated heterocycles. The van der Waals surface area contributed by atoms with Gasteiger partial charge in [0.1, 0.15) is 12.5 Å². The minimum Gasteiger partial charge on any atom is -0.490 e. The number of H-pyrrole nitrogens is 1. The maximum atomic E-state index is 12.5. The van der Waals surface area contributed by atoms with Crippen LogP contribution in [0.5, 0.6) is 5.75 Å². The Morgan fingerprint density at radius 2 is 1.97 bits per heavy atom. The fraction of sp³-hybridized carbons (Fsp3) is 0.545. The highest BCUT2D eigenvalue weighted by Crippen LogP contribution is 2.27. The number of hydrogen-bond donors (Lipinski definition) is 1. The van der Waals surface area contributed by atoms with Gasteiger partial charge in [0.25, 0.3) is 5.56 Å². The molecule has 1 aliphatic rings. The molecule has 1 saturated carbocycles. The van der Waals surface area contributed by atoms with Crippen LogP contribution in [0.4, 0.5) is 0 Å². The molecule has 0 spiro atoms. The summed E-state index contributed by atoms with van der Waals surface area (Å²) in [6, 6.07) is 8.95. The third kappa shape index (κ3) is 7.36. The van der Waals surface area contributed by atoms with Crippen molar-refractivity contribution < 1.29 is 17.9 Å². The summed E-state index contributed by atoms with van der Waals surface area (Å²) in [5.74, 6) is 0.729. The molecule has 1 aromatic carbocycles. The molecule has 9 heteroatoms. The van der Waals surface area contributed by atoms with Gasteiger partial charge in [-0.1, -0.05) is 19.1 Å². The van der Waals surface area contributed by atoms with E-state index in [1.165, 1.54) is 29.7 Å². The minimum absolute atomic E-state index is 0.0100. The summed E-state index contributed by atoms with van der Waals surface area (Å²) in [5.41, 5.74) is -0.0852. The van der Waals surface area contributed by atoms with Crippen molar-refractivity contribution in [3.05, 3.63) is 62.9 Å². The molecule has 1 N–H and O–H groups in total. The molecule has 0 aliphatic heterocycles. The van der Waals surface area contributed by atoms with Crippen molar-refractivity contribution in [2.24, 2.45) is 0 Å². The maximum Gasteiger partial charge on any atom is 0.330 e. The van der Waals surface area contributed by atoms with Gasteiger partial charge in [-0.15, -0.1) is 0 Å². The van der Waals surface area contributed by atoms with E-state index in [1.54, 1.807) is 0 Å². The van der Waals surface area contributed by atoms with E-state index >= 15 is 0 Å². The lowest BCUT2D eigenvalue weighted by Crippen LogP contribution is -2.29. The van der Waals surface area contributed by atoms with Crippen LogP contribution in [0.15, 0.2) is 46.1 Å². The average molecular weight is 451 g/mol.